The van der Waals surface area contributed by atoms with Gasteiger partial charge in [0, 0.05) is 23.3 Å². The normalized spacial score (nSPS) is 10.9. The van der Waals surface area contributed by atoms with E-state index in [1.165, 1.54) is 0 Å². The van der Waals surface area contributed by atoms with E-state index in [4.69, 9.17) is 0 Å². The topological polar surface area (TPSA) is 29.4 Å². The average molecular weight is 315 g/mol. The van der Waals surface area contributed by atoms with Gasteiger partial charge in [0.1, 0.15) is 7.14 Å². The molecule has 0 saturated carbocycles. The van der Waals surface area contributed by atoms with Crippen LogP contribution in [0.2, 0.25) is 0 Å². The Morgan fingerprint density at radius 3 is 1.90 bits per heavy atom. The number of aliphatic imine (C=N–C) groups is 1. The molecule has 0 unspecified atom stereocenters. The van der Waals surface area contributed by atoms with Crippen LogP contribution in [0.4, 0.5) is 0 Å². The fraction of sp³-hybridized carbons (Fsp3) is 0.235. The number of hydrogen-bond acceptors (Lipinski definition) is 3. The summed E-state index contributed by atoms with van der Waals surface area (Å²) < 4.78 is 13.6. The highest BCUT2D eigenvalue weighted by Gasteiger charge is 2.26. The number of isothiocyanates is 1. The van der Waals surface area contributed by atoms with E-state index in [1.807, 2.05) is 60.7 Å². The van der Waals surface area contributed by atoms with Crippen LogP contribution in [0.1, 0.15) is 12.8 Å². The Morgan fingerprint density at radius 2 is 1.43 bits per heavy atom. The van der Waals surface area contributed by atoms with Gasteiger partial charge in [-0.15, -0.1) is 0 Å². The first kappa shape index (κ1) is 15.9. The van der Waals surface area contributed by atoms with Crippen LogP contribution in [0.5, 0.6) is 0 Å². The van der Waals surface area contributed by atoms with Gasteiger partial charge in [-0.3, -0.25) is 0 Å². The third-order valence-corrected chi connectivity index (χ3v) is 6.74. The molecule has 0 amide bonds. The van der Waals surface area contributed by atoms with Gasteiger partial charge in [-0.2, -0.15) is 0 Å². The van der Waals surface area contributed by atoms with Gasteiger partial charge in [-0.1, -0.05) is 60.7 Å². The third kappa shape index (κ3) is 4.22. The fourth-order valence-corrected chi connectivity index (χ4v) is 5.20. The number of benzene rings is 2. The molecule has 0 spiro atoms. The van der Waals surface area contributed by atoms with Gasteiger partial charge in [0.15, 0.2) is 0 Å². The summed E-state index contributed by atoms with van der Waals surface area (Å²) in [7, 11) is -2.56. The smallest absolute Gasteiger partial charge is 0.143 e. The summed E-state index contributed by atoms with van der Waals surface area (Å²) in [6.45, 7) is 0.660. The summed E-state index contributed by atoms with van der Waals surface area (Å²) in [6.07, 6.45) is 2.41. The second-order valence-corrected chi connectivity index (χ2v) is 7.96. The quantitative estimate of drug-likeness (QED) is 0.336. The van der Waals surface area contributed by atoms with Crippen LogP contribution < -0.4 is 10.6 Å². The Morgan fingerprint density at radius 1 is 0.905 bits per heavy atom. The highest BCUT2D eigenvalue weighted by atomic mass is 32.1. The van der Waals surface area contributed by atoms with Crippen LogP contribution in [0, 0.1) is 0 Å². The van der Waals surface area contributed by atoms with Gasteiger partial charge in [0.25, 0.3) is 0 Å². The second kappa shape index (κ2) is 8.05. The maximum absolute atomic E-state index is 13.6. The first-order valence-electron chi connectivity index (χ1n) is 7.01. The van der Waals surface area contributed by atoms with E-state index in [1.54, 1.807) is 0 Å². The SMILES string of the molecule is O=P(CCCCN=C=S)(c1ccccc1)c1ccccc1. The standard InChI is InChI=1S/C17H18NOPS/c19-20(14-8-7-13-18-15-21,16-9-3-1-4-10-16)17-11-5-2-6-12-17/h1-6,9-12H,7-8,13-14H2. The van der Waals surface area contributed by atoms with Crippen LogP contribution in [0.3, 0.4) is 0 Å². The maximum Gasteiger partial charge on any atom is 0.143 e. The summed E-state index contributed by atoms with van der Waals surface area (Å²) in [4.78, 5) is 3.91. The summed E-state index contributed by atoms with van der Waals surface area (Å²) in [6, 6.07) is 19.5. The highest BCUT2D eigenvalue weighted by Crippen LogP contribution is 2.44. The summed E-state index contributed by atoms with van der Waals surface area (Å²) in [5.74, 6) is 0. The van der Waals surface area contributed by atoms with E-state index in [2.05, 4.69) is 22.4 Å². The van der Waals surface area contributed by atoms with Crippen molar-refractivity contribution in [2.24, 2.45) is 4.99 Å². The Bertz CT molecular complexity index is 608. The van der Waals surface area contributed by atoms with Crippen LogP contribution in [-0.2, 0) is 4.57 Å². The van der Waals surface area contributed by atoms with Crippen LogP contribution in [0.15, 0.2) is 65.7 Å². The van der Waals surface area contributed by atoms with E-state index in [0.717, 1.165) is 23.5 Å². The molecule has 2 rings (SSSR count). The number of rotatable bonds is 7. The van der Waals surface area contributed by atoms with Crippen molar-refractivity contribution in [1.29, 1.82) is 0 Å². The van der Waals surface area contributed by atoms with Crippen molar-refractivity contribution in [2.75, 3.05) is 12.7 Å². The molecule has 0 radical (unpaired) electrons. The lowest BCUT2D eigenvalue weighted by atomic mass is 10.3. The average Bonchev–Trinajstić information content (AvgIpc) is 2.56. The molecule has 0 bridgehead atoms. The van der Waals surface area contributed by atoms with E-state index >= 15 is 0 Å². The van der Waals surface area contributed by atoms with Crippen LogP contribution in [-0.4, -0.2) is 17.9 Å². The Hall–Kier alpha value is -1.53. The molecule has 0 aliphatic heterocycles. The zero-order valence-corrected chi connectivity index (χ0v) is 13.5. The molecular weight excluding hydrogens is 297 g/mol. The first-order valence-corrected chi connectivity index (χ1v) is 9.31. The Balaban J connectivity index is 2.23. The van der Waals surface area contributed by atoms with Gasteiger partial charge >= 0.3 is 0 Å². The molecule has 0 aliphatic rings. The molecule has 0 N–H and O–H groups in total. The van der Waals surface area contributed by atoms with E-state index in [9.17, 15) is 4.57 Å². The lowest BCUT2D eigenvalue weighted by Crippen LogP contribution is -2.18. The van der Waals surface area contributed by atoms with Gasteiger partial charge in [-0.25, -0.2) is 4.99 Å². The molecule has 0 aromatic heterocycles. The van der Waals surface area contributed by atoms with Crippen molar-refractivity contribution in [3.63, 3.8) is 0 Å². The molecule has 0 aliphatic carbocycles. The molecule has 21 heavy (non-hydrogen) atoms. The number of thiocarbonyl (C=S) groups is 1. The molecule has 108 valence electrons. The molecule has 4 heteroatoms. The van der Waals surface area contributed by atoms with E-state index < -0.39 is 7.14 Å². The summed E-state index contributed by atoms with van der Waals surface area (Å²) in [5, 5.41) is 4.22. The van der Waals surface area contributed by atoms with Gasteiger partial charge < -0.3 is 4.57 Å². The van der Waals surface area contributed by atoms with Crippen molar-refractivity contribution in [3.05, 3.63) is 60.7 Å². The monoisotopic (exact) mass is 315 g/mol. The number of unbranched alkanes of at least 4 members (excludes halogenated alkanes) is 1. The molecule has 0 heterocycles. The molecule has 2 aromatic rings. The van der Waals surface area contributed by atoms with Crippen molar-refractivity contribution < 1.29 is 4.57 Å². The minimum atomic E-state index is -2.56. The molecule has 0 atom stereocenters. The molecule has 2 nitrogen and oxygen atoms in total. The number of hydrogen-bond donors (Lipinski definition) is 0. The Kier molecular flexibility index (Phi) is 6.07. The van der Waals surface area contributed by atoms with E-state index in [0.29, 0.717) is 12.7 Å². The maximum atomic E-state index is 13.6. The summed E-state index contributed by atoms with van der Waals surface area (Å²) >= 11 is 4.56. The third-order valence-electron chi connectivity index (χ3n) is 3.40. The predicted octanol–water partition coefficient (Wildman–Crippen LogP) is 3.88. The summed E-state index contributed by atoms with van der Waals surface area (Å²) in [5.41, 5.74) is 0. The molecule has 2 aromatic carbocycles. The van der Waals surface area contributed by atoms with Crippen LogP contribution in [0.25, 0.3) is 0 Å². The second-order valence-electron chi connectivity index (χ2n) is 4.81. The Labute approximate surface area is 131 Å². The molecular formula is C17H18NOPS. The van der Waals surface area contributed by atoms with Crippen molar-refractivity contribution in [1.82, 2.24) is 0 Å². The van der Waals surface area contributed by atoms with Gasteiger partial charge in [0.2, 0.25) is 0 Å². The number of nitrogens with zero attached hydrogens (tertiary/aromatic N) is 1. The first-order chi connectivity index (χ1) is 10.3. The van der Waals surface area contributed by atoms with Crippen molar-refractivity contribution in [3.8, 4) is 0 Å². The zero-order valence-electron chi connectivity index (χ0n) is 11.8. The minimum absolute atomic E-state index is 0.660. The lowest BCUT2D eigenvalue weighted by molar-refractivity contribution is 0.584. The minimum Gasteiger partial charge on any atom is -0.314 e. The predicted molar refractivity (Wildman–Crippen MR) is 93.8 cm³/mol. The van der Waals surface area contributed by atoms with E-state index in [-0.39, 0.29) is 0 Å². The van der Waals surface area contributed by atoms with Crippen LogP contribution >= 0.6 is 19.4 Å². The van der Waals surface area contributed by atoms with Gasteiger partial charge in [-0.05, 0) is 25.1 Å². The van der Waals surface area contributed by atoms with Crippen molar-refractivity contribution in [2.45, 2.75) is 12.8 Å². The van der Waals surface area contributed by atoms with Crippen molar-refractivity contribution >= 4 is 35.1 Å². The largest absolute Gasteiger partial charge is 0.314 e. The molecule has 0 saturated heterocycles. The molecule has 0 fully saturated rings. The fourth-order valence-electron chi connectivity index (χ4n) is 2.32. The lowest BCUT2D eigenvalue weighted by Gasteiger charge is -2.19. The zero-order chi connectivity index (χ0) is 15.0. The highest BCUT2D eigenvalue weighted by molar-refractivity contribution is 7.78. The van der Waals surface area contributed by atoms with Gasteiger partial charge in [0.05, 0.1) is 5.16 Å².